The van der Waals surface area contributed by atoms with Crippen LogP contribution in [0.25, 0.3) is 0 Å². The number of hydrogen-bond acceptors (Lipinski definition) is 3. The third kappa shape index (κ3) is 2.79. The third-order valence-electron chi connectivity index (χ3n) is 5.15. The number of anilines is 1. The second-order valence-electron chi connectivity index (χ2n) is 6.76. The van der Waals surface area contributed by atoms with Gasteiger partial charge in [-0.2, -0.15) is 0 Å². The standard InChI is InChI=1S/C19H24N4O/c1-15-6-2-3-7-17(15)21-10-12-22(13-11-21)19(24)16-14-23-9-5-4-8-18(23)20-16/h2-3,6-7,14H,4-5,8-13H2,1H3. The number of fused-ring (bicyclic) bond motifs is 1. The van der Waals surface area contributed by atoms with Gasteiger partial charge in [0.15, 0.2) is 0 Å². The first-order valence-electron chi connectivity index (χ1n) is 8.88. The second kappa shape index (κ2) is 6.30. The fourth-order valence-electron chi connectivity index (χ4n) is 3.75. The summed E-state index contributed by atoms with van der Waals surface area (Å²) in [5.41, 5.74) is 3.19. The molecule has 0 N–H and O–H groups in total. The highest BCUT2D eigenvalue weighted by molar-refractivity contribution is 5.92. The molecule has 0 radical (unpaired) electrons. The molecule has 1 aromatic carbocycles. The SMILES string of the molecule is Cc1ccccc1N1CCN(C(=O)c2cn3c(n2)CCCC3)CC1. The summed E-state index contributed by atoms with van der Waals surface area (Å²) < 4.78 is 2.15. The van der Waals surface area contributed by atoms with Gasteiger partial charge < -0.3 is 14.4 Å². The molecule has 5 nitrogen and oxygen atoms in total. The highest BCUT2D eigenvalue weighted by Gasteiger charge is 2.25. The maximum atomic E-state index is 12.8. The van der Waals surface area contributed by atoms with Crippen molar-refractivity contribution >= 4 is 11.6 Å². The van der Waals surface area contributed by atoms with E-state index in [-0.39, 0.29) is 5.91 Å². The van der Waals surface area contributed by atoms with Crippen LogP contribution in [0.5, 0.6) is 0 Å². The van der Waals surface area contributed by atoms with Crippen molar-refractivity contribution in [2.24, 2.45) is 0 Å². The molecule has 2 aliphatic heterocycles. The number of piperazine rings is 1. The van der Waals surface area contributed by atoms with Crippen molar-refractivity contribution in [3.05, 3.63) is 47.5 Å². The zero-order chi connectivity index (χ0) is 16.5. The summed E-state index contributed by atoms with van der Waals surface area (Å²) in [5, 5.41) is 0. The van der Waals surface area contributed by atoms with Crippen molar-refractivity contribution in [2.45, 2.75) is 32.7 Å². The van der Waals surface area contributed by atoms with Crippen LogP contribution in [0, 0.1) is 6.92 Å². The van der Waals surface area contributed by atoms with Crippen LogP contribution in [0.3, 0.4) is 0 Å². The van der Waals surface area contributed by atoms with Gasteiger partial charge in [0.1, 0.15) is 11.5 Å². The maximum absolute atomic E-state index is 12.8. The molecule has 126 valence electrons. The van der Waals surface area contributed by atoms with Crippen LogP contribution >= 0.6 is 0 Å². The van der Waals surface area contributed by atoms with Crippen molar-refractivity contribution in [3.63, 3.8) is 0 Å². The summed E-state index contributed by atoms with van der Waals surface area (Å²) in [6.07, 6.45) is 5.31. The number of imidazole rings is 1. The Labute approximate surface area is 142 Å². The minimum atomic E-state index is 0.0846. The first-order chi connectivity index (χ1) is 11.7. The van der Waals surface area contributed by atoms with Crippen LogP contribution in [0.15, 0.2) is 30.5 Å². The first-order valence-corrected chi connectivity index (χ1v) is 8.88. The van der Waals surface area contributed by atoms with E-state index in [1.807, 2.05) is 11.1 Å². The van der Waals surface area contributed by atoms with E-state index >= 15 is 0 Å². The molecule has 0 atom stereocenters. The van der Waals surface area contributed by atoms with E-state index in [1.165, 1.54) is 24.1 Å². The Hall–Kier alpha value is -2.30. The second-order valence-corrected chi connectivity index (χ2v) is 6.76. The molecule has 0 bridgehead atoms. The Kier molecular flexibility index (Phi) is 4.00. The molecule has 2 aliphatic rings. The molecule has 5 heteroatoms. The van der Waals surface area contributed by atoms with Gasteiger partial charge in [0.25, 0.3) is 5.91 Å². The molecule has 4 rings (SSSR count). The Morgan fingerprint density at radius 1 is 1.04 bits per heavy atom. The van der Waals surface area contributed by atoms with Gasteiger partial charge in [0.2, 0.25) is 0 Å². The largest absolute Gasteiger partial charge is 0.368 e. The predicted molar refractivity (Wildman–Crippen MR) is 94.5 cm³/mol. The number of para-hydroxylation sites is 1. The van der Waals surface area contributed by atoms with Gasteiger partial charge in [0.05, 0.1) is 0 Å². The molecule has 1 saturated heterocycles. The number of carbonyl (C=O) groups excluding carboxylic acids is 1. The molecule has 1 fully saturated rings. The zero-order valence-corrected chi connectivity index (χ0v) is 14.2. The predicted octanol–water partition coefficient (Wildman–Crippen LogP) is 2.49. The smallest absolute Gasteiger partial charge is 0.274 e. The summed E-state index contributed by atoms with van der Waals surface area (Å²) in [6, 6.07) is 8.45. The molecular formula is C19H24N4O. The topological polar surface area (TPSA) is 41.4 Å². The summed E-state index contributed by atoms with van der Waals surface area (Å²) in [7, 11) is 0. The van der Waals surface area contributed by atoms with E-state index in [0.29, 0.717) is 5.69 Å². The van der Waals surface area contributed by atoms with Crippen molar-refractivity contribution in [3.8, 4) is 0 Å². The van der Waals surface area contributed by atoms with Gasteiger partial charge in [-0.25, -0.2) is 4.98 Å². The van der Waals surface area contributed by atoms with E-state index in [1.54, 1.807) is 0 Å². The van der Waals surface area contributed by atoms with Gasteiger partial charge in [-0.3, -0.25) is 4.79 Å². The van der Waals surface area contributed by atoms with E-state index in [4.69, 9.17) is 0 Å². The van der Waals surface area contributed by atoms with Gasteiger partial charge in [-0.15, -0.1) is 0 Å². The fraction of sp³-hybridized carbons (Fsp3) is 0.474. The molecule has 0 spiro atoms. The summed E-state index contributed by atoms with van der Waals surface area (Å²) >= 11 is 0. The van der Waals surface area contributed by atoms with E-state index in [2.05, 4.69) is 45.6 Å². The van der Waals surface area contributed by atoms with E-state index in [9.17, 15) is 4.79 Å². The lowest BCUT2D eigenvalue weighted by molar-refractivity contribution is 0.0741. The number of amides is 1. The molecular weight excluding hydrogens is 300 g/mol. The van der Waals surface area contributed by atoms with Crippen LogP contribution in [-0.4, -0.2) is 46.5 Å². The lowest BCUT2D eigenvalue weighted by Gasteiger charge is -2.36. The Balaban J connectivity index is 1.43. The number of hydrogen-bond donors (Lipinski definition) is 0. The summed E-state index contributed by atoms with van der Waals surface area (Å²) in [4.78, 5) is 21.7. The van der Waals surface area contributed by atoms with Gasteiger partial charge in [-0.05, 0) is 31.4 Å². The van der Waals surface area contributed by atoms with Gasteiger partial charge >= 0.3 is 0 Å². The van der Waals surface area contributed by atoms with Crippen LogP contribution in [0.1, 0.15) is 34.7 Å². The van der Waals surface area contributed by atoms with Gasteiger partial charge in [0, 0.05) is 51.0 Å². The molecule has 1 amide bonds. The number of carbonyl (C=O) groups is 1. The maximum Gasteiger partial charge on any atom is 0.274 e. The van der Waals surface area contributed by atoms with Crippen LogP contribution in [0.4, 0.5) is 5.69 Å². The Morgan fingerprint density at radius 2 is 1.83 bits per heavy atom. The van der Waals surface area contributed by atoms with E-state index in [0.717, 1.165) is 45.0 Å². The van der Waals surface area contributed by atoms with Crippen LogP contribution in [-0.2, 0) is 13.0 Å². The van der Waals surface area contributed by atoms with Crippen molar-refractivity contribution in [2.75, 3.05) is 31.1 Å². The van der Waals surface area contributed by atoms with Crippen LogP contribution in [0.2, 0.25) is 0 Å². The highest BCUT2D eigenvalue weighted by atomic mass is 16.2. The normalized spacial score (nSPS) is 17.7. The molecule has 0 unspecified atom stereocenters. The summed E-state index contributed by atoms with van der Waals surface area (Å²) in [6.45, 7) is 6.41. The zero-order valence-electron chi connectivity index (χ0n) is 14.2. The lowest BCUT2D eigenvalue weighted by atomic mass is 10.1. The third-order valence-corrected chi connectivity index (χ3v) is 5.15. The number of rotatable bonds is 2. The van der Waals surface area contributed by atoms with Crippen molar-refractivity contribution < 1.29 is 4.79 Å². The molecule has 0 saturated carbocycles. The minimum absolute atomic E-state index is 0.0846. The van der Waals surface area contributed by atoms with E-state index < -0.39 is 0 Å². The van der Waals surface area contributed by atoms with Crippen LogP contribution < -0.4 is 4.90 Å². The Morgan fingerprint density at radius 3 is 2.58 bits per heavy atom. The quantitative estimate of drug-likeness (QED) is 0.852. The van der Waals surface area contributed by atoms with Crippen molar-refractivity contribution in [1.29, 1.82) is 0 Å². The average molecular weight is 324 g/mol. The summed E-state index contributed by atoms with van der Waals surface area (Å²) in [5.74, 6) is 1.16. The van der Waals surface area contributed by atoms with Crippen molar-refractivity contribution in [1.82, 2.24) is 14.5 Å². The number of nitrogens with zero attached hydrogens (tertiary/aromatic N) is 4. The minimum Gasteiger partial charge on any atom is -0.368 e. The monoisotopic (exact) mass is 324 g/mol. The molecule has 0 aliphatic carbocycles. The molecule has 3 heterocycles. The molecule has 24 heavy (non-hydrogen) atoms. The number of aromatic nitrogens is 2. The first kappa shape index (κ1) is 15.2. The Bertz CT molecular complexity index is 720. The highest BCUT2D eigenvalue weighted by Crippen LogP contribution is 2.22. The average Bonchev–Trinajstić information content (AvgIpc) is 3.06. The van der Waals surface area contributed by atoms with Gasteiger partial charge in [-0.1, -0.05) is 18.2 Å². The number of benzene rings is 1. The lowest BCUT2D eigenvalue weighted by Crippen LogP contribution is -2.49. The number of aryl methyl sites for hydroxylation is 3. The molecule has 1 aromatic heterocycles. The fourth-order valence-corrected chi connectivity index (χ4v) is 3.75. The molecule has 2 aromatic rings.